The van der Waals surface area contributed by atoms with Crippen LogP contribution in [0.3, 0.4) is 0 Å². The topological polar surface area (TPSA) is 19.7 Å². The Morgan fingerprint density at radius 1 is 0.262 bits per heavy atom. The summed E-state index contributed by atoms with van der Waals surface area (Å²) in [5.41, 5.74) is 17.4. The highest BCUT2D eigenvalue weighted by atomic mass is 15.0. The number of allylic oxidation sites excluding steroid dienone is 2. The smallest absolute Gasteiger partial charge is 0.0541 e. The Balaban J connectivity index is 1.13. The molecule has 9 aromatic carbocycles. The summed E-state index contributed by atoms with van der Waals surface area (Å²) in [5.74, 6) is 0. The van der Waals surface area contributed by atoms with Gasteiger partial charge in [0.05, 0.1) is 44.3 Å². The fourth-order valence-corrected chi connectivity index (χ4v) is 11.0. The first-order valence-corrected chi connectivity index (χ1v) is 22.5. The molecule has 0 amide bonds. The molecule has 0 N–H and O–H groups in total. The van der Waals surface area contributed by atoms with E-state index in [0.717, 1.165) is 40.3 Å². The molecule has 0 saturated carbocycles. The van der Waals surface area contributed by atoms with E-state index >= 15 is 0 Å². The minimum Gasteiger partial charge on any atom is -0.309 e. The molecule has 13 aromatic rings. The van der Waals surface area contributed by atoms with Crippen molar-refractivity contribution in [2.24, 2.45) is 0 Å². The third kappa shape index (κ3) is 5.32. The molecular formula is C61H40N4. The standard InChI is InChI=1S/C61H40N4/c1-2-18-46-47-19-4-11-27-55(47)62(54(46)26-3-1)42-34-40(35-43(38-42)63-56-28-12-5-20-48(56)49-21-6-13-29-57(49)63)41-36-44(64-58-30-14-7-22-50(58)51-23-8-15-31-59(51)64)39-45(37-41)65-60-32-16-9-24-52(60)53-25-10-17-33-61(53)65/h2-39H,1H2. The third-order valence-corrected chi connectivity index (χ3v) is 13.7. The molecule has 4 aromatic heterocycles. The maximum absolute atomic E-state index is 2.47. The molecule has 0 spiro atoms. The average molecular weight is 829 g/mol. The first-order chi connectivity index (χ1) is 32.3. The Morgan fingerprint density at radius 3 is 0.892 bits per heavy atom. The van der Waals surface area contributed by atoms with Gasteiger partial charge in [0.15, 0.2) is 0 Å². The summed E-state index contributed by atoms with van der Waals surface area (Å²) in [5, 5.41) is 8.69. The van der Waals surface area contributed by atoms with E-state index in [1.54, 1.807) is 0 Å². The molecule has 0 saturated heterocycles. The maximum atomic E-state index is 2.47. The van der Waals surface area contributed by atoms with Crippen LogP contribution in [0.15, 0.2) is 218 Å². The summed E-state index contributed by atoms with van der Waals surface area (Å²) in [4.78, 5) is 0. The molecule has 14 rings (SSSR count). The van der Waals surface area contributed by atoms with Crippen LogP contribution in [0.25, 0.3) is 122 Å². The summed E-state index contributed by atoms with van der Waals surface area (Å²) in [6, 6.07) is 76.2. The quantitative estimate of drug-likeness (QED) is 0.165. The Labute approximate surface area is 375 Å². The largest absolute Gasteiger partial charge is 0.309 e. The Morgan fingerprint density at radius 2 is 0.538 bits per heavy atom. The summed E-state index contributed by atoms with van der Waals surface area (Å²) >= 11 is 0. The van der Waals surface area contributed by atoms with Gasteiger partial charge in [0.25, 0.3) is 0 Å². The van der Waals surface area contributed by atoms with Crippen LogP contribution in [0.5, 0.6) is 0 Å². The monoisotopic (exact) mass is 828 g/mol. The van der Waals surface area contributed by atoms with E-state index in [4.69, 9.17) is 0 Å². The molecule has 1 aliphatic rings. The average Bonchev–Trinajstić information content (AvgIpc) is 4.03. The zero-order chi connectivity index (χ0) is 42.6. The van der Waals surface area contributed by atoms with Crippen molar-refractivity contribution < 1.29 is 0 Å². The van der Waals surface area contributed by atoms with Gasteiger partial charge in [-0.25, -0.2) is 0 Å². The normalized spacial score (nSPS) is 12.7. The van der Waals surface area contributed by atoms with E-state index in [2.05, 4.69) is 249 Å². The predicted octanol–water partition coefficient (Wildman–Crippen LogP) is 16.0. The van der Waals surface area contributed by atoms with Crippen molar-refractivity contribution >= 4 is 88.5 Å². The van der Waals surface area contributed by atoms with Gasteiger partial charge in [-0.05, 0) is 102 Å². The van der Waals surface area contributed by atoms with Crippen LogP contribution in [-0.4, -0.2) is 18.3 Å². The van der Waals surface area contributed by atoms with Crippen molar-refractivity contribution in [1.29, 1.82) is 0 Å². The lowest BCUT2D eigenvalue weighted by Crippen LogP contribution is -2.03. The van der Waals surface area contributed by atoms with Gasteiger partial charge in [0, 0.05) is 66.0 Å². The van der Waals surface area contributed by atoms with Crippen LogP contribution in [-0.2, 0) is 0 Å². The van der Waals surface area contributed by atoms with Crippen LogP contribution in [0.4, 0.5) is 0 Å². The number of rotatable bonds is 5. The fraction of sp³-hybridized carbons (Fsp3) is 0.0164. The summed E-state index contributed by atoms with van der Waals surface area (Å²) in [6.45, 7) is 0. The molecule has 0 fully saturated rings. The molecule has 0 radical (unpaired) electrons. The lowest BCUT2D eigenvalue weighted by molar-refractivity contribution is 1.09. The van der Waals surface area contributed by atoms with Crippen LogP contribution in [0, 0.1) is 0 Å². The van der Waals surface area contributed by atoms with E-state index in [-0.39, 0.29) is 0 Å². The van der Waals surface area contributed by atoms with Gasteiger partial charge in [0.1, 0.15) is 0 Å². The number of benzene rings is 9. The minimum absolute atomic E-state index is 0.900. The van der Waals surface area contributed by atoms with Crippen LogP contribution in [0.1, 0.15) is 17.7 Å². The number of nitrogens with zero attached hydrogens (tertiary/aromatic N) is 4. The first-order valence-electron chi connectivity index (χ1n) is 22.5. The number of aromatic nitrogens is 4. The molecular weight excluding hydrogens is 789 g/mol. The second kappa shape index (κ2) is 14.0. The highest BCUT2D eigenvalue weighted by molar-refractivity contribution is 6.12. The zero-order valence-electron chi connectivity index (χ0n) is 35.4. The second-order valence-corrected chi connectivity index (χ2v) is 17.3. The van der Waals surface area contributed by atoms with Gasteiger partial charge >= 0.3 is 0 Å². The minimum atomic E-state index is 0.900. The molecule has 4 heteroatoms. The molecule has 0 bridgehead atoms. The summed E-state index contributed by atoms with van der Waals surface area (Å²) in [7, 11) is 0. The SMILES string of the molecule is C1=Cc2c(n(-c3cc(-c4cc(-n5c6ccccc6c6ccccc65)cc(-n5c6ccccc6c6ccccc65)c4)cc(-n4c5ccccc5c5ccccc54)c3)c3ccccc23)C=CC1. The summed E-state index contributed by atoms with van der Waals surface area (Å²) in [6.07, 6.45) is 10.1. The van der Waals surface area contributed by atoms with Gasteiger partial charge in [-0.2, -0.15) is 0 Å². The highest BCUT2D eigenvalue weighted by Gasteiger charge is 2.22. The number of hydrogen-bond acceptors (Lipinski definition) is 0. The lowest BCUT2D eigenvalue weighted by atomic mass is 10.0. The third-order valence-electron chi connectivity index (χ3n) is 13.7. The molecule has 65 heavy (non-hydrogen) atoms. The predicted molar refractivity (Wildman–Crippen MR) is 274 cm³/mol. The molecule has 1 aliphatic carbocycles. The Hall–Kier alpha value is -8.60. The second-order valence-electron chi connectivity index (χ2n) is 17.3. The van der Waals surface area contributed by atoms with E-state index in [1.807, 2.05) is 0 Å². The van der Waals surface area contributed by atoms with Gasteiger partial charge in [-0.1, -0.05) is 146 Å². The Kier molecular flexibility index (Phi) is 7.71. The van der Waals surface area contributed by atoms with Gasteiger partial charge in [0.2, 0.25) is 0 Å². The Bertz CT molecular complexity index is 3870. The van der Waals surface area contributed by atoms with Crippen molar-refractivity contribution in [1.82, 2.24) is 18.3 Å². The van der Waals surface area contributed by atoms with E-state index in [1.165, 1.54) is 87.6 Å². The maximum Gasteiger partial charge on any atom is 0.0541 e. The number of para-hydroxylation sites is 7. The highest BCUT2D eigenvalue weighted by Crippen LogP contribution is 2.41. The molecule has 0 unspecified atom stereocenters. The molecule has 0 aliphatic heterocycles. The zero-order valence-corrected chi connectivity index (χ0v) is 35.4. The van der Waals surface area contributed by atoms with Gasteiger partial charge < -0.3 is 18.3 Å². The molecule has 304 valence electrons. The van der Waals surface area contributed by atoms with Crippen molar-refractivity contribution in [3.8, 4) is 33.9 Å². The van der Waals surface area contributed by atoms with Crippen molar-refractivity contribution in [3.05, 3.63) is 230 Å². The lowest BCUT2D eigenvalue weighted by Gasteiger charge is -2.19. The van der Waals surface area contributed by atoms with Crippen molar-refractivity contribution in [2.75, 3.05) is 0 Å². The molecule has 0 atom stereocenters. The van der Waals surface area contributed by atoms with E-state index < -0.39 is 0 Å². The molecule has 4 nitrogen and oxygen atoms in total. The van der Waals surface area contributed by atoms with Crippen molar-refractivity contribution in [2.45, 2.75) is 6.42 Å². The van der Waals surface area contributed by atoms with E-state index in [9.17, 15) is 0 Å². The van der Waals surface area contributed by atoms with Gasteiger partial charge in [-0.3, -0.25) is 0 Å². The first kappa shape index (κ1) is 35.9. The summed E-state index contributed by atoms with van der Waals surface area (Å²) < 4.78 is 9.85. The van der Waals surface area contributed by atoms with Crippen LogP contribution >= 0.6 is 0 Å². The fourth-order valence-electron chi connectivity index (χ4n) is 11.0. The number of hydrogen-bond donors (Lipinski definition) is 0. The van der Waals surface area contributed by atoms with Crippen molar-refractivity contribution in [3.63, 3.8) is 0 Å². The van der Waals surface area contributed by atoms with Crippen LogP contribution in [0.2, 0.25) is 0 Å². The van der Waals surface area contributed by atoms with Gasteiger partial charge in [-0.15, -0.1) is 0 Å². The molecule has 4 heterocycles. The van der Waals surface area contributed by atoms with E-state index in [0.29, 0.717) is 0 Å². The van der Waals surface area contributed by atoms with Crippen LogP contribution < -0.4 is 0 Å². The number of fused-ring (bicyclic) bond motifs is 12.